The highest BCUT2D eigenvalue weighted by molar-refractivity contribution is 6.31. The molecule has 2 aromatic carbocycles. The molecule has 2 aromatic rings. The first-order chi connectivity index (χ1) is 11.0. The predicted octanol–water partition coefficient (Wildman–Crippen LogP) is 4.47. The summed E-state index contributed by atoms with van der Waals surface area (Å²) < 4.78 is 4.90. The number of carbonyl (C=O) groups excluding carboxylic acids is 2. The zero-order valence-corrected chi connectivity index (χ0v) is 13.6. The van der Waals surface area contributed by atoms with Crippen molar-refractivity contribution < 1.29 is 14.3 Å². The van der Waals surface area contributed by atoms with Gasteiger partial charge in [0.15, 0.2) is 0 Å². The molecular formula is C17H17ClN2O3. The first-order valence-electron chi connectivity index (χ1n) is 7.11. The molecule has 0 aliphatic rings. The molecule has 0 unspecified atom stereocenters. The number of amides is 2. The molecule has 2 amide bonds. The van der Waals surface area contributed by atoms with Crippen molar-refractivity contribution in [3.05, 3.63) is 58.6 Å². The molecule has 0 heterocycles. The maximum absolute atomic E-state index is 12.0. The normalized spacial score (nSPS) is 10.0. The summed E-state index contributed by atoms with van der Waals surface area (Å²) in [4.78, 5) is 23.6. The fraction of sp³-hybridized carbons (Fsp3) is 0.176. The molecule has 23 heavy (non-hydrogen) atoms. The second-order valence-corrected chi connectivity index (χ2v) is 5.20. The van der Waals surface area contributed by atoms with Crippen molar-refractivity contribution >= 4 is 35.0 Å². The van der Waals surface area contributed by atoms with E-state index in [2.05, 4.69) is 10.6 Å². The molecule has 0 atom stereocenters. The van der Waals surface area contributed by atoms with Crippen LogP contribution in [0.3, 0.4) is 0 Å². The Morgan fingerprint density at radius 1 is 1.09 bits per heavy atom. The minimum Gasteiger partial charge on any atom is -0.462 e. The number of rotatable bonds is 4. The van der Waals surface area contributed by atoms with Crippen LogP contribution >= 0.6 is 11.6 Å². The van der Waals surface area contributed by atoms with E-state index < -0.39 is 5.97 Å². The zero-order chi connectivity index (χ0) is 16.8. The molecule has 5 nitrogen and oxygen atoms in total. The van der Waals surface area contributed by atoms with Gasteiger partial charge in [-0.05, 0) is 55.8 Å². The number of esters is 1. The van der Waals surface area contributed by atoms with Crippen LogP contribution in [0.4, 0.5) is 16.2 Å². The van der Waals surface area contributed by atoms with Gasteiger partial charge in [-0.2, -0.15) is 0 Å². The van der Waals surface area contributed by atoms with Gasteiger partial charge < -0.3 is 15.4 Å². The number of urea groups is 1. The van der Waals surface area contributed by atoms with Crippen LogP contribution in [0, 0.1) is 6.92 Å². The summed E-state index contributed by atoms with van der Waals surface area (Å²) in [6, 6.07) is 11.4. The summed E-state index contributed by atoms with van der Waals surface area (Å²) in [5, 5.41) is 6.01. The van der Waals surface area contributed by atoms with Gasteiger partial charge in [-0.25, -0.2) is 9.59 Å². The highest BCUT2D eigenvalue weighted by atomic mass is 35.5. The first-order valence-corrected chi connectivity index (χ1v) is 7.49. The molecule has 0 saturated carbocycles. The number of halogens is 1. The van der Waals surface area contributed by atoms with Crippen LogP contribution in [0.25, 0.3) is 0 Å². The lowest BCUT2D eigenvalue weighted by Crippen LogP contribution is -2.20. The van der Waals surface area contributed by atoms with Gasteiger partial charge in [0.2, 0.25) is 0 Å². The third-order valence-corrected chi connectivity index (χ3v) is 3.58. The monoisotopic (exact) mass is 332 g/mol. The smallest absolute Gasteiger partial charge is 0.338 e. The van der Waals surface area contributed by atoms with Crippen LogP contribution in [-0.4, -0.2) is 18.6 Å². The Morgan fingerprint density at radius 2 is 1.78 bits per heavy atom. The van der Waals surface area contributed by atoms with Crippen LogP contribution in [0.5, 0.6) is 0 Å². The van der Waals surface area contributed by atoms with Crippen molar-refractivity contribution in [1.82, 2.24) is 0 Å². The molecule has 0 saturated heterocycles. The Bertz CT molecular complexity index is 714. The van der Waals surface area contributed by atoms with Crippen molar-refractivity contribution in [2.45, 2.75) is 13.8 Å². The second kappa shape index (κ2) is 7.65. The maximum atomic E-state index is 12.0. The number of ether oxygens (including phenoxy) is 1. The molecule has 0 aliphatic heterocycles. The van der Waals surface area contributed by atoms with E-state index in [4.69, 9.17) is 16.3 Å². The van der Waals surface area contributed by atoms with Gasteiger partial charge in [0, 0.05) is 16.4 Å². The fourth-order valence-electron chi connectivity index (χ4n) is 1.93. The summed E-state index contributed by atoms with van der Waals surface area (Å²) in [5.41, 5.74) is 2.43. The molecular weight excluding hydrogens is 316 g/mol. The quantitative estimate of drug-likeness (QED) is 0.812. The Balaban J connectivity index is 2.00. The van der Waals surface area contributed by atoms with Gasteiger partial charge in [-0.15, -0.1) is 0 Å². The lowest BCUT2D eigenvalue weighted by Gasteiger charge is -2.11. The Morgan fingerprint density at radius 3 is 2.43 bits per heavy atom. The van der Waals surface area contributed by atoms with Crippen molar-refractivity contribution in [3.63, 3.8) is 0 Å². The van der Waals surface area contributed by atoms with Gasteiger partial charge in [-0.3, -0.25) is 0 Å². The largest absolute Gasteiger partial charge is 0.462 e. The van der Waals surface area contributed by atoms with Crippen molar-refractivity contribution in [3.8, 4) is 0 Å². The van der Waals surface area contributed by atoms with E-state index in [0.29, 0.717) is 28.6 Å². The average Bonchev–Trinajstić information content (AvgIpc) is 2.53. The highest BCUT2D eigenvalue weighted by Gasteiger charge is 2.09. The van der Waals surface area contributed by atoms with Crippen LogP contribution in [-0.2, 0) is 4.74 Å². The lowest BCUT2D eigenvalue weighted by atomic mass is 10.2. The summed E-state index contributed by atoms with van der Waals surface area (Å²) >= 11 is 6.01. The third-order valence-electron chi connectivity index (χ3n) is 3.17. The van der Waals surface area contributed by atoms with E-state index >= 15 is 0 Å². The minimum absolute atomic E-state index is 0.320. The van der Waals surface area contributed by atoms with E-state index in [1.54, 1.807) is 49.4 Å². The van der Waals surface area contributed by atoms with Crippen LogP contribution in [0.1, 0.15) is 22.8 Å². The lowest BCUT2D eigenvalue weighted by molar-refractivity contribution is 0.0526. The van der Waals surface area contributed by atoms with Gasteiger partial charge in [0.25, 0.3) is 0 Å². The summed E-state index contributed by atoms with van der Waals surface area (Å²) in [7, 11) is 0. The number of benzene rings is 2. The Kier molecular flexibility index (Phi) is 5.60. The van der Waals surface area contributed by atoms with Crippen molar-refractivity contribution in [1.29, 1.82) is 0 Å². The number of hydrogen-bond acceptors (Lipinski definition) is 3. The molecule has 0 fully saturated rings. The summed E-state index contributed by atoms with van der Waals surface area (Å²) in [6.45, 7) is 3.89. The molecule has 6 heteroatoms. The average molecular weight is 333 g/mol. The van der Waals surface area contributed by atoms with Crippen molar-refractivity contribution in [2.75, 3.05) is 17.2 Å². The molecule has 0 radical (unpaired) electrons. The zero-order valence-electron chi connectivity index (χ0n) is 12.9. The number of carbonyl (C=O) groups is 2. The van der Waals surface area contributed by atoms with Crippen LogP contribution < -0.4 is 10.6 Å². The Labute approximate surface area is 139 Å². The number of anilines is 2. The number of nitrogens with one attached hydrogen (secondary N) is 2. The maximum Gasteiger partial charge on any atom is 0.338 e. The molecule has 0 aromatic heterocycles. The van der Waals surface area contributed by atoms with Gasteiger partial charge in [0.1, 0.15) is 0 Å². The van der Waals surface area contributed by atoms with E-state index in [1.165, 1.54) is 0 Å². The topological polar surface area (TPSA) is 67.4 Å². The van der Waals surface area contributed by atoms with Gasteiger partial charge >= 0.3 is 12.0 Å². The van der Waals surface area contributed by atoms with Gasteiger partial charge in [-0.1, -0.05) is 17.7 Å². The van der Waals surface area contributed by atoms with E-state index in [-0.39, 0.29) is 6.03 Å². The van der Waals surface area contributed by atoms with E-state index in [0.717, 1.165) is 5.56 Å². The van der Waals surface area contributed by atoms with Crippen LogP contribution in [0.15, 0.2) is 42.5 Å². The molecule has 0 aliphatic carbocycles. The fourth-order valence-corrected chi connectivity index (χ4v) is 2.11. The first kappa shape index (κ1) is 16.8. The molecule has 0 bridgehead atoms. The standard InChI is InChI=1S/C17H17ClN2O3/c1-3-23-16(21)12-7-9-13(10-8-12)19-17(22)20-15-6-4-5-14(18)11(15)2/h4-10H,3H2,1-2H3,(H2,19,20,22). The highest BCUT2D eigenvalue weighted by Crippen LogP contribution is 2.23. The SMILES string of the molecule is CCOC(=O)c1ccc(NC(=O)Nc2cccc(Cl)c2C)cc1. The molecule has 0 spiro atoms. The van der Waals surface area contributed by atoms with Crippen LogP contribution in [0.2, 0.25) is 5.02 Å². The minimum atomic E-state index is -0.391. The third kappa shape index (κ3) is 4.47. The summed E-state index contributed by atoms with van der Waals surface area (Å²) in [5.74, 6) is -0.391. The summed E-state index contributed by atoms with van der Waals surface area (Å²) in [6.07, 6.45) is 0. The van der Waals surface area contributed by atoms with E-state index in [1.807, 2.05) is 6.92 Å². The second-order valence-electron chi connectivity index (χ2n) is 4.79. The van der Waals surface area contributed by atoms with Gasteiger partial charge in [0.05, 0.1) is 12.2 Å². The number of hydrogen-bond donors (Lipinski definition) is 2. The molecule has 120 valence electrons. The Hall–Kier alpha value is -2.53. The molecule has 2 N–H and O–H groups in total. The van der Waals surface area contributed by atoms with E-state index in [9.17, 15) is 9.59 Å². The predicted molar refractivity (Wildman–Crippen MR) is 91.2 cm³/mol. The molecule has 2 rings (SSSR count). The van der Waals surface area contributed by atoms with Crippen molar-refractivity contribution in [2.24, 2.45) is 0 Å².